The molecule has 1 saturated heterocycles. The summed E-state index contributed by atoms with van der Waals surface area (Å²) in [6, 6.07) is 1.82. The van der Waals surface area contributed by atoms with Gasteiger partial charge in [-0.05, 0) is 19.9 Å². The van der Waals surface area contributed by atoms with Crippen molar-refractivity contribution in [2.75, 3.05) is 26.2 Å². The third-order valence-electron chi connectivity index (χ3n) is 3.51. The van der Waals surface area contributed by atoms with E-state index < -0.39 is 0 Å². The Labute approximate surface area is 113 Å². The lowest BCUT2D eigenvalue weighted by Gasteiger charge is -2.33. The molecule has 2 rings (SSSR count). The maximum atomic E-state index is 12.3. The largest absolute Gasteiger partial charge is 0.339 e. The Morgan fingerprint density at radius 3 is 2.26 bits per heavy atom. The van der Waals surface area contributed by atoms with Gasteiger partial charge < -0.3 is 9.80 Å². The van der Waals surface area contributed by atoms with Gasteiger partial charge in [-0.25, -0.2) is 0 Å². The molecule has 1 fully saturated rings. The van der Waals surface area contributed by atoms with Crippen LogP contribution in [0.3, 0.4) is 0 Å². The smallest absolute Gasteiger partial charge is 0.274 e. The van der Waals surface area contributed by atoms with Crippen molar-refractivity contribution in [2.45, 2.75) is 27.3 Å². The number of carbonyl (C=O) groups excluding carboxylic acids is 2. The van der Waals surface area contributed by atoms with E-state index in [1.165, 1.54) is 0 Å². The summed E-state index contributed by atoms with van der Waals surface area (Å²) in [5.41, 5.74) is 1.49. The van der Waals surface area contributed by atoms with Crippen molar-refractivity contribution in [1.82, 2.24) is 19.6 Å². The first-order chi connectivity index (χ1) is 9.02. The Kier molecular flexibility index (Phi) is 3.87. The number of carbonyl (C=O) groups is 2. The molecule has 2 heterocycles. The summed E-state index contributed by atoms with van der Waals surface area (Å²) in [7, 11) is 0. The SMILES string of the molecule is CCn1nc(C(=O)N2CCN(C(C)=O)CC2)cc1C. The summed E-state index contributed by atoms with van der Waals surface area (Å²) < 4.78 is 1.82. The molecule has 0 aromatic carbocycles. The van der Waals surface area contributed by atoms with Gasteiger partial charge in [0, 0.05) is 45.3 Å². The minimum atomic E-state index is -0.0431. The van der Waals surface area contributed by atoms with Gasteiger partial charge >= 0.3 is 0 Å². The molecule has 1 aromatic heterocycles. The summed E-state index contributed by atoms with van der Waals surface area (Å²) in [5, 5.41) is 4.30. The zero-order valence-corrected chi connectivity index (χ0v) is 11.7. The van der Waals surface area contributed by atoms with Gasteiger partial charge in [-0.2, -0.15) is 5.10 Å². The van der Waals surface area contributed by atoms with E-state index in [4.69, 9.17) is 0 Å². The molecule has 0 N–H and O–H groups in total. The molecule has 0 saturated carbocycles. The van der Waals surface area contributed by atoms with Crippen LogP contribution < -0.4 is 0 Å². The number of aromatic nitrogens is 2. The average Bonchev–Trinajstić information content (AvgIpc) is 2.79. The van der Waals surface area contributed by atoms with Crippen molar-refractivity contribution in [3.8, 4) is 0 Å². The maximum Gasteiger partial charge on any atom is 0.274 e. The minimum absolute atomic E-state index is 0.0431. The van der Waals surface area contributed by atoms with Gasteiger partial charge in [0.1, 0.15) is 0 Å². The van der Waals surface area contributed by atoms with E-state index in [0.29, 0.717) is 31.9 Å². The highest BCUT2D eigenvalue weighted by atomic mass is 16.2. The summed E-state index contributed by atoms with van der Waals surface area (Å²) in [6.07, 6.45) is 0. The van der Waals surface area contributed by atoms with E-state index >= 15 is 0 Å². The van der Waals surface area contributed by atoms with Gasteiger partial charge in [-0.15, -0.1) is 0 Å². The van der Waals surface area contributed by atoms with Crippen molar-refractivity contribution < 1.29 is 9.59 Å². The molecule has 6 heteroatoms. The van der Waals surface area contributed by atoms with Crippen LogP contribution in [0, 0.1) is 6.92 Å². The number of amides is 2. The van der Waals surface area contributed by atoms with E-state index in [0.717, 1.165) is 12.2 Å². The second-order valence-corrected chi connectivity index (χ2v) is 4.78. The van der Waals surface area contributed by atoms with Crippen LogP contribution in [0.15, 0.2) is 6.07 Å². The van der Waals surface area contributed by atoms with E-state index in [-0.39, 0.29) is 11.8 Å². The fourth-order valence-electron chi connectivity index (χ4n) is 2.32. The number of hydrogen-bond donors (Lipinski definition) is 0. The molecule has 6 nitrogen and oxygen atoms in total. The number of hydrogen-bond acceptors (Lipinski definition) is 3. The quantitative estimate of drug-likeness (QED) is 0.782. The molecule has 0 aliphatic carbocycles. The molecule has 0 unspecified atom stereocenters. The Morgan fingerprint density at radius 2 is 1.79 bits per heavy atom. The van der Waals surface area contributed by atoms with Crippen LogP contribution in [0.4, 0.5) is 0 Å². The zero-order valence-electron chi connectivity index (χ0n) is 11.7. The first kappa shape index (κ1) is 13.6. The Bertz CT molecular complexity index is 487. The van der Waals surface area contributed by atoms with Gasteiger partial charge in [0.05, 0.1) is 0 Å². The molecule has 104 valence electrons. The monoisotopic (exact) mass is 264 g/mol. The molecule has 1 aromatic rings. The zero-order chi connectivity index (χ0) is 14.0. The van der Waals surface area contributed by atoms with E-state index in [9.17, 15) is 9.59 Å². The second kappa shape index (κ2) is 5.42. The fraction of sp³-hybridized carbons (Fsp3) is 0.615. The second-order valence-electron chi connectivity index (χ2n) is 4.78. The highest BCUT2D eigenvalue weighted by molar-refractivity contribution is 5.92. The number of piperazine rings is 1. The molecule has 1 aliphatic heterocycles. The average molecular weight is 264 g/mol. The Balaban J connectivity index is 2.03. The normalized spacial score (nSPS) is 15.7. The van der Waals surface area contributed by atoms with Gasteiger partial charge in [-0.3, -0.25) is 14.3 Å². The number of aryl methyl sites for hydroxylation is 2. The lowest BCUT2D eigenvalue weighted by atomic mass is 10.2. The highest BCUT2D eigenvalue weighted by Crippen LogP contribution is 2.10. The van der Waals surface area contributed by atoms with Gasteiger partial charge in [0.2, 0.25) is 5.91 Å². The first-order valence-electron chi connectivity index (χ1n) is 6.62. The standard InChI is InChI=1S/C13H20N4O2/c1-4-17-10(2)9-12(14-17)13(19)16-7-5-15(6-8-16)11(3)18/h9H,4-8H2,1-3H3. The number of rotatable bonds is 2. The molecule has 0 radical (unpaired) electrons. The molecular formula is C13H20N4O2. The van der Waals surface area contributed by atoms with Crippen LogP contribution >= 0.6 is 0 Å². The van der Waals surface area contributed by atoms with Crippen molar-refractivity contribution in [1.29, 1.82) is 0 Å². The van der Waals surface area contributed by atoms with Gasteiger partial charge in [-0.1, -0.05) is 0 Å². The lowest BCUT2D eigenvalue weighted by molar-refractivity contribution is -0.130. The topological polar surface area (TPSA) is 58.4 Å². The Hall–Kier alpha value is -1.85. The van der Waals surface area contributed by atoms with Gasteiger partial charge in [0.25, 0.3) is 5.91 Å². The van der Waals surface area contributed by atoms with Crippen molar-refractivity contribution in [3.05, 3.63) is 17.5 Å². The summed E-state index contributed by atoms with van der Waals surface area (Å²) in [4.78, 5) is 27.1. The summed E-state index contributed by atoms with van der Waals surface area (Å²) in [5.74, 6) is 0.0247. The predicted molar refractivity (Wildman–Crippen MR) is 70.8 cm³/mol. The van der Waals surface area contributed by atoms with Crippen LogP contribution in [0.5, 0.6) is 0 Å². The van der Waals surface area contributed by atoms with Crippen LogP contribution in [0.2, 0.25) is 0 Å². The lowest BCUT2D eigenvalue weighted by Crippen LogP contribution is -2.50. The van der Waals surface area contributed by atoms with Crippen molar-refractivity contribution in [3.63, 3.8) is 0 Å². The van der Waals surface area contributed by atoms with Crippen molar-refractivity contribution in [2.24, 2.45) is 0 Å². The maximum absolute atomic E-state index is 12.3. The van der Waals surface area contributed by atoms with E-state index in [2.05, 4.69) is 5.10 Å². The fourth-order valence-corrected chi connectivity index (χ4v) is 2.32. The minimum Gasteiger partial charge on any atom is -0.339 e. The molecule has 0 atom stereocenters. The molecule has 19 heavy (non-hydrogen) atoms. The molecular weight excluding hydrogens is 244 g/mol. The van der Waals surface area contributed by atoms with E-state index in [1.807, 2.05) is 24.6 Å². The Morgan fingerprint density at radius 1 is 1.21 bits per heavy atom. The van der Waals surface area contributed by atoms with Crippen LogP contribution in [-0.4, -0.2) is 57.6 Å². The van der Waals surface area contributed by atoms with Crippen molar-refractivity contribution >= 4 is 11.8 Å². The third-order valence-corrected chi connectivity index (χ3v) is 3.51. The molecule has 2 amide bonds. The van der Waals surface area contributed by atoms with Crippen LogP contribution in [0.25, 0.3) is 0 Å². The number of nitrogens with zero attached hydrogens (tertiary/aromatic N) is 4. The summed E-state index contributed by atoms with van der Waals surface area (Å²) >= 11 is 0. The predicted octanol–water partition coefficient (Wildman–Crippen LogP) is 0.516. The highest BCUT2D eigenvalue weighted by Gasteiger charge is 2.24. The first-order valence-corrected chi connectivity index (χ1v) is 6.62. The van der Waals surface area contributed by atoms with Crippen LogP contribution in [0.1, 0.15) is 30.0 Å². The van der Waals surface area contributed by atoms with E-state index in [1.54, 1.807) is 16.7 Å². The molecule has 0 bridgehead atoms. The van der Waals surface area contributed by atoms with Crippen LogP contribution in [-0.2, 0) is 11.3 Å². The molecule has 1 aliphatic rings. The molecule has 0 spiro atoms. The summed E-state index contributed by atoms with van der Waals surface area (Å²) in [6.45, 7) is 8.64. The third kappa shape index (κ3) is 2.77. The van der Waals surface area contributed by atoms with Gasteiger partial charge in [0.15, 0.2) is 5.69 Å².